The minimum atomic E-state index is -1.11. The van der Waals surface area contributed by atoms with Gasteiger partial charge in [0.2, 0.25) is 0 Å². The summed E-state index contributed by atoms with van der Waals surface area (Å²) < 4.78 is 16.4. The van der Waals surface area contributed by atoms with Crippen LogP contribution in [0, 0.1) is 0 Å². The Hall–Kier alpha value is -1.67. The van der Waals surface area contributed by atoms with Crippen LogP contribution >= 0.6 is 0 Å². The highest BCUT2D eigenvalue weighted by Crippen LogP contribution is 2.30. The second-order valence-electron chi connectivity index (χ2n) is 6.00. The van der Waals surface area contributed by atoms with Crippen molar-refractivity contribution in [3.63, 3.8) is 0 Å². The summed E-state index contributed by atoms with van der Waals surface area (Å²) in [6, 6.07) is 0. The molecular weight excluding hydrogens is 306 g/mol. The van der Waals surface area contributed by atoms with Crippen molar-refractivity contribution in [3.05, 3.63) is 0 Å². The first-order valence-electron chi connectivity index (χ1n) is 8.15. The van der Waals surface area contributed by atoms with Crippen molar-refractivity contribution in [2.75, 3.05) is 6.61 Å². The van der Waals surface area contributed by atoms with Crippen LogP contribution in [0.1, 0.15) is 51.4 Å². The first-order chi connectivity index (χ1) is 11.1. The average Bonchev–Trinajstić information content (AvgIpc) is 3.03. The summed E-state index contributed by atoms with van der Waals surface area (Å²) in [6.07, 6.45) is 4.97. The third-order valence-electron chi connectivity index (χ3n) is 4.30. The Balaban J connectivity index is 1.42. The molecule has 2 aliphatic heterocycles. The Bertz CT molecular complexity index is 448. The molecule has 1 saturated carbocycles. The molecule has 3 atom stereocenters. The van der Waals surface area contributed by atoms with E-state index in [1.165, 1.54) is 12.8 Å². The van der Waals surface area contributed by atoms with Crippen LogP contribution in [0.4, 0.5) is 4.79 Å². The minimum absolute atomic E-state index is 0.0432. The van der Waals surface area contributed by atoms with Crippen LogP contribution in [-0.2, 0) is 28.6 Å². The topological polar surface area (TPSA) is 91.4 Å². The van der Waals surface area contributed by atoms with E-state index in [2.05, 4.69) is 4.84 Å². The number of imide groups is 1. The summed E-state index contributed by atoms with van der Waals surface area (Å²) in [7, 11) is 0. The Morgan fingerprint density at radius 2 is 1.57 bits per heavy atom. The molecule has 0 N–H and O–H groups in total. The molecule has 128 valence electrons. The van der Waals surface area contributed by atoms with Gasteiger partial charge < -0.3 is 14.2 Å². The summed E-state index contributed by atoms with van der Waals surface area (Å²) in [5.41, 5.74) is 0. The molecule has 3 fully saturated rings. The molecule has 3 rings (SSSR count). The highest BCUT2D eigenvalue weighted by Gasteiger charge is 2.37. The number of rotatable bonds is 3. The number of fused-ring (bicyclic) bond motifs is 1. The van der Waals surface area contributed by atoms with Crippen molar-refractivity contribution in [2.45, 2.75) is 69.9 Å². The largest absolute Gasteiger partial charge is 0.534 e. The lowest BCUT2D eigenvalue weighted by Gasteiger charge is -2.19. The Kier molecular flexibility index (Phi) is 5.12. The number of hydroxylamine groups is 2. The minimum Gasteiger partial charge on any atom is -0.427 e. The molecule has 1 aliphatic carbocycles. The van der Waals surface area contributed by atoms with Gasteiger partial charge in [0.15, 0.2) is 6.29 Å². The molecule has 2 saturated heterocycles. The van der Waals surface area contributed by atoms with Gasteiger partial charge in [-0.3, -0.25) is 14.4 Å². The molecule has 2 amide bonds. The van der Waals surface area contributed by atoms with Gasteiger partial charge in [-0.25, -0.2) is 4.79 Å². The van der Waals surface area contributed by atoms with Crippen molar-refractivity contribution in [1.29, 1.82) is 0 Å². The predicted molar refractivity (Wildman–Crippen MR) is 74.8 cm³/mol. The van der Waals surface area contributed by atoms with E-state index in [0.717, 1.165) is 25.7 Å². The van der Waals surface area contributed by atoms with Gasteiger partial charge >= 0.3 is 6.16 Å². The van der Waals surface area contributed by atoms with Gasteiger partial charge in [0.05, 0.1) is 12.2 Å². The van der Waals surface area contributed by atoms with Crippen LogP contribution in [0.15, 0.2) is 0 Å². The molecule has 0 bridgehead atoms. The van der Waals surface area contributed by atoms with Crippen molar-refractivity contribution < 1.29 is 33.4 Å². The molecule has 0 aromatic heterocycles. The quantitative estimate of drug-likeness (QED) is 0.575. The maximum atomic E-state index is 11.6. The van der Waals surface area contributed by atoms with Gasteiger partial charge in [0, 0.05) is 12.8 Å². The van der Waals surface area contributed by atoms with E-state index in [0.29, 0.717) is 5.06 Å². The standard InChI is InChI=1S/C15H21NO7/c17-12-7-8-13(18)16(12)23-15(19)20-9-14-21-10-5-3-1-2-4-6-11(10)22-14/h10-11,14H,1-9H2/t10-,11+,14?. The summed E-state index contributed by atoms with van der Waals surface area (Å²) in [6.45, 7) is -0.123. The average molecular weight is 327 g/mol. The molecule has 23 heavy (non-hydrogen) atoms. The van der Waals surface area contributed by atoms with E-state index in [1.54, 1.807) is 0 Å². The van der Waals surface area contributed by atoms with Crippen LogP contribution in [0.2, 0.25) is 0 Å². The van der Waals surface area contributed by atoms with Gasteiger partial charge in [-0.15, -0.1) is 0 Å². The zero-order chi connectivity index (χ0) is 16.2. The normalized spacial score (nSPS) is 31.5. The van der Waals surface area contributed by atoms with E-state index in [9.17, 15) is 14.4 Å². The number of amides is 2. The number of carbonyl (C=O) groups is 3. The monoisotopic (exact) mass is 327 g/mol. The zero-order valence-electron chi connectivity index (χ0n) is 12.9. The maximum Gasteiger partial charge on any atom is 0.534 e. The lowest BCUT2D eigenvalue weighted by atomic mass is 9.96. The smallest absolute Gasteiger partial charge is 0.427 e. The van der Waals surface area contributed by atoms with Crippen LogP contribution in [0.5, 0.6) is 0 Å². The van der Waals surface area contributed by atoms with Gasteiger partial charge in [0.1, 0.15) is 6.61 Å². The van der Waals surface area contributed by atoms with E-state index < -0.39 is 24.3 Å². The second-order valence-corrected chi connectivity index (χ2v) is 6.00. The maximum absolute atomic E-state index is 11.6. The molecule has 0 aromatic rings. The molecule has 1 unspecified atom stereocenters. The van der Waals surface area contributed by atoms with Gasteiger partial charge in [-0.05, 0) is 12.8 Å². The van der Waals surface area contributed by atoms with Crippen LogP contribution < -0.4 is 0 Å². The molecule has 8 nitrogen and oxygen atoms in total. The fourth-order valence-electron chi connectivity index (χ4n) is 3.12. The van der Waals surface area contributed by atoms with E-state index in [-0.39, 0.29) is 31.7 Å². The lowest BCUT2D eigenvalue weighted by Crippen LogP contribution is -2.33. The lowest BCUT2D eigenvalue weighted by molar-refractivity contribution is -0.180. The molecule has 0 spiro atoms. The second kappa shape index (κ2) is 7.27. The summed E-state index contributed by atoms with van der Waals surface area (Å²) >= 11 is 0. The fraction of sp³-hybridized carbons (Fsp3) is 0.800. The zero-order valence-corrected chi connectivity index (χ0v) is 12.9. The van der Waals surface area contributed by atoms with Crippen molar-refractivity contribution >= 4 is 18.0 Å². The first-order valence-corrected chi connectivity index (χ1v) is 8.15. The summed E-state index contributed by atoms with van der Waals surface area (Å²) in [5, 5.41) is 0.451. The molecule has 2 heterocycles. The number of carbonyl (C=O) groups excluding carboxylic acids is 3. The highest BCUT2D eigenvalue weighted by atomic mass is 16.8. The number of nitrogens with zero attached hydrogens (tertiary/aromatic N) is 1. The van der Waals surface area contributed by atoms with Crippen molar-refractivity contribution in [2.24, 2.45) is 0 Å². The first kappa shape index (κ1) is 16.2. The van der Waals surface area contributed by atoms with E-state index in [1.807, 2.05) is 0 Å². The summed E-state index contributed by atoms with van der Waals surface area (Å²) in [4.78, 5) is 38.9. The molecule has 0 aromatic carbocycles. The Morgan fingerprint density at radius 1 is 1.00 bits per heavy atom. The van der Waals surface area contributed by atoms with Crippen LogP contribution in [-0.4, -0.2) is 48.1 Å². The van der Waals surface area contributed by atoms with Crippen molar-refractivity contribution in [3.8, 4) is 0 Å². The Morgan fingerprint density at radius 3 is 2.13 bits per heavy atom. The highest BCUT2D eigenvalue weighted by molar-refractivity contribution is 6.01. The number of hydrogen-bond acceptors (Lipinski definition) is 7. The fourth-order valence-corrected chi connectivity index (χ4v) is 3.12. The summed E-state index contributed by atoms with van der Waals surface area (Å²) in [5.74, 6) is -1.09. The molecule has 8 heteroatoms. The van der Waals surface area contributed by atoms with E-state index in [4.69, 9.17) is 14.2 Å². The number of hydrogen-bond donors (Lipinski definition) is 0. The third kappa shape index (κ3) is 4.00. The third-order valence-corrected chi connectivity index (χ3v) is 4.30. The van der Waals surface area contributed by atoms with Crippen LogP contribution in [0.3, 0.4) is 0 Å². The SMILES string of the molecule is O=C(OCC1O[C@H]2CCCCCC[C@H]2O1)ON1C(=O)CCC1=O. The van der Waals surface area contributed by atoms with Gasteiger partial charge in [-0.2, -0.15) is 0 Å². The van der Waals surface area contributed by atoms with E-state index >= 15 is 0 Å². The molecular formula is C15H21NO7. The molecule has 3 aliphatic rings. The van der Waals surface area contributed by atoms with Gasteiger partial charge in [0.25, 0.3) is 11.8 Å². The molecule has 0 radical (unpaired) electrons. The van der Waals surface area contributed by atoms with Crippen LogP contribution in [0.25, 0.3) is 0 Å². The van der Waals surface area contributed by atoms with Crippen molar-refractivity contribution in [1.82, 2.24) is 5.06 Å². The Labute approximate surface area is 133 Å². The predicted octanol–water partition coefficient (Wildman–Crippen LogP) is 1.67. The number of ether oxygens (including phenoxy) is 3. The van der Waals surface area contributed by atoms with Gasteiger partial charge in [-0.1, -0.05) is 30.7 Å².